The minimum Gasteiger partial charge on any atom is -0.348 e. The minimum absolute atomic E-state index is 0.0393. The quantitative estimate of drug-likeness (QED) is 0.612. The lowest BCUT2D eigenvalue weighted by molar-refractivity contribution is -0.0258. The summed E-state index contributed by atoms with van der Waals surface area (Å²) in [6.45, 7) is 0.307. The molecule has 1 aromatic heterocycles. The summed E-state index contributed by atoms with van der Waals surface area (Å²) in [5, 5.41) is 7.06. The average Bonchev–Trinajstić information content (AvgIpc) is 3.26. The van der Waals surface area contributed by atoms with Crippen molar-refractivity contribution in [2.24, 2.45) is 0 Å². The first-order valence-electron chi connectivity index (χ1n) is 8.42. The van der Waals surface area contributed by atoms with Crippen LogP contribution in [-0.4, -0.2) is 42.7 Å². The highest BCUT2D eigenvalue weighted by Crippen LogP contribution is 2.16. The van der Waals surface area contributed by atoms with Gasteiger partial charge >= 0.3 is 0 Å². The van der Waals surface area contributed by atoms with Crippen molar-refractivity contribution < 1.29 is 18.0 Å². The Hall–Kier alpha value is -3.01. The molecule has 0 radical (unpaired) electrons. The Kier molecular flexibility index (Phi) is 5.88. The van der Waals surface area contributed by atoms with Crippen LogP contribution in [-0.2, 0) is 21.4 Å². The Morgan fingerprint density at radius 2 is 1.86 bits per heavy atom. The van der Waals surface area contributed by atoms with E-state index in [4.69, 9.17) is 4.84 Å². The third kappa shape index (κ3) is 4.11. The van der Waals surface area contributed by atoms with Crippen LogP contribution in [0.4, 0.5) is 0 Å². The fraction of sp³-hybridized carbons (Fsp3) is 0.158. The van der Waals surface area contributed by atoms with E-state index in [-0.39, 0.29) is 10.8 Å². The molecule has 0 fully saturated rings. The highest BCUT2D eigenvalue weighted by molar-refractivity contribution is 7.89. The normalized spacial score (nSPS) is 11.5. The number of benzene rings is 2. The van der Waals surface area contributed by atoms with E-state index in [0.717, 1.165) is 15.7 Å². The number of hydroxylamine groups is 1. The number of hydrogen-bond donors (Lipinski definition) is 1. The molecule has 0 aliphatic heterocycles. The topological polar surface area (TPSA) is 93.5 Å². The second-order valence-electron chi connectivity index (χ2n) is 5.88. The average molecular weight is 400 g/mol. The SMILES string of the molecule is CON(C)S(=O)(=O)c1ccc(C(=O)NCc2ccccc2-n2cccn2)cc1. The van der Waals surface area contributed by atoms with Crippen molar-refractivity contribution in [3.8, 4) is 5.69 Å². The van der Waals surface area contributed by atoms with Gasteiger partial charge in [0.1, 0.15) is 0 Å². The van der Waals surface area contributed by atoms with Crippen molar-refractivity contribution >= 4 is 15.9 Å². The third-order valence-electron chi connectivity index (χ3n) is 4.19. The van der Waals surface area contributed by atoms with E-state index in [1.807, 2.05) is 36.5 Å². The van der Waals surface area contributed by atoms with Gasteiger partial charge in [-0.15, -0.1) is 0 Å². The predicted molar refractivity (Wildman–Crippen MR) is 103 cm³/mol. The number of carbonyl (C=O) groups excluding carboxylic acids is 1. The highest BCUT2D eigenvalue weighted by atomic mass is 32.2. The first-order chi connectivity index (χ1) is 13.4. The Morgan fingerprint density at radius 1 is 1.14 bits per heavy atom. The Morgan fingerprint density at radius 3 is 2.50 bits per heavy atom. The largest absolute Gasteiger partial charge is 0.348 e. The molecule has 3 rings (SSSR count). The number of para-hydroxylation sites is 1. The fourth-order valence-corrected chi connectivity index (χ4v) is 3.57. The summed E-state index contributed by atoms with van der Waals surface area (Å²) in [5.74, 6) is -0.306. The smallest absolute Gasteiger partial charge is 0.264 e. The van der Waals surface area contributed by atoms with Crippen molar-refractivity contribution in [1.29, 1.82) is 0 Å². The van der Waals surface area contributed by atoms with Gasteiger partial charge in [-0.2, -0.15) is 5.10 Å². The zero-order valence-electron chi connectivity index (χ0n) is 15.4. The summed E-state index contributed by atoms with van der Waals surface area (Å²) in [6.07, 6.45) is 3.52. The molecule has 9 heteroatoms. The van der Waals surface area contributed by atoms with E-state index < -0.39 is 10.0 Å². The Labute approximate surface area is 163 Å². The molecule has 3 aromatic rings. The Bertz CT molecular complexity index is 1050. The third-order valence-corrected chi connectivity index (χ3v) is 5.89. The van der Waals surface area contributed by atoms with Crippen LogP contribution in [0.15, 0.2) is 71.9 Å². The number of amides is 1. The number of carbonyl (C=O) groups is 1. The molecule has 146 valence electrons. The summed E-state index contributed by atoms with van der Waals surface area (Å²) in [6, 6.07) is 15.1. The maximum Gasteiger partial charge on any atom is 0.264 e. The lowest BCUT2D eigenvalue weighted by Crippen LogP contribution is -2.26. The van der Waals surface area contributed by atoms with Crippen LogP contribution in [0, 0.1) is 0 Å². The van der Waals surface area contributed by atoms with Gasteiger partial charge in [-0.3, -0.25) is 9.63 Å². The summed E-state index contributed by atoms with van der Waals surface area (Å²) in [4.78, 5) is 17.2. The molecule has 1 N–H and O–H groups in total. The van der Waals surface area contributed by atoms with Crippen molar-refractivity contribution in [3.05, 3.63) is 78.1 Å². The van der Waals surface area contributed by atoms with Gasteiger partial charge in [0, 0.05) is 31.5 Å². The van der Waals surface area contributed by atoms with Gasteiger partial charge in [-0.05, 0) is 42.0 Å². The molecular formula is C19H20N4O4S. The molecule has 0 bridgehead atoms. The van der Waals surface area contributed by atoms with Crippen LogP contribution in [0.25, 0.3) is 5.69 Å². The van der Waals surface area contributed by atoms with Crippen LogP contribution in [0.1, 0.15) is 15.9 Å². The van der Waals surface area contributed by atoms with Crippen molar-refractivity contribution in [1.82, 2.24) is 19.6 Å². The van der Waals surface area contributed by atoms with E-state index >= 15 is 0 Å². The van der Waals surface area contributed by atoms with Crippen LogP contribution < -0.4 is 5.32 Å². The molecule has 1 heterocycles. The summed E-state index contributed by atoms with van der Waals surface area (Å²) in [7, 11) is -1.18. The highest BCUT2D eigenvalue weighted by Gasteiger charge is 2.21. The van der Waals surface area contributed by atoms with Gasteiger partial charge in [0.25, 0.3) is 15.9 Å². The van der Waals surface area contributed by atoms with E-state index in [0.29, 0.717) is 12.1 Å². The second kappa shape index (κ2) is 8.34. The second-order valence-corrected chi connectivity index (χ2v) is 7.82. The monoisotopic (exact) mass is 400 g/mol. The van der Waals surface area contributed by atoms with E-state index in [2.05, 4.69) is 10.4 Å². The van der Waals surface area contributed by atoms with Crippen molar-refractivity contribution in [3.63, 3.8) is 0 Å². The maximum atomic E-state index is 12.4. The first kappa shape index (κ1) is 19.7. The van der Waals surface area contributed by atoms with Gasteiger partial charge < -0.3 is 5.32 Å². The molecular weight excluding hydrogens is 380 g/mol. The van der Waals surface area contributed by atoms with Crippen molar-refractivity contribution in [2.75, 3.05) is 14.2 Å². The molecule has 0 saturated heterocycles. The number of nitrogens with one attached hydrogen (secondary N) is 1. The molecule has 0 unspecified atom stereocenters. The molecule has 28 heavy (non-hydrogen) atoms. The number of hydrogen-bond acceptors (Lipinski definition) is 5. The molecule has 1 amide bonds. The van der Waals surface area contributed by atoms with E-state index in [1.54, 1.807) is 10.9 Å². The standard InChI is InChI=1S/C19H20N4O4S/c1-22(27-2)28(25,26)17-10-8-15(9-11-17)19(24)20-14-16-6-3-4-7-18(16)23-13-5-12-21-23/h3-13H,14H2,1-2H3,(H,20,24). The van der Waals surface area contributed by atoms with Gasteiger partial charge in [-0.1, -0.05) is 22.7 Å². The van der Waals surface area contributed by atoms with Gasteiger partial charge in [0.15, 0.2) is 0 Å². The summed E-state index contributed by atoms with van der Waals surface area (Å²) >= 11 is 0. The van der Waals surface area contributed by atoms with Gasteiger partial charge in [0.2, 0.25) is 0 Å². The van der Waals surface area contributed by atoms with Crippen LogP contribution >= 0.6 is 0 Å². The first-order valence-corrected chi connectivity index (χ1v) is 9.86. The van der Waals surface area contributed by atoms with Gasteiger partial charge in [-0.25, -0.2) is 13.1 Å². The lowest BCUT2D eigenvalue weighted by atomic mass is 10.1. The van der Waals surface area contributed by atoms with Crippen LogP contribution in [0.3, 0.4) is 0 Å². The van der Waals surface area contributed by atoms with Gasteiger partial charge in [0.05, 0.1) is 17.7 Å². The van der Waals surface area contributed by atoms with Crippen LogP contribution in [0.5, 0.6) is 0 Å². The molecule has 8 nitrogen and oxygen atoms in total. The zero-order chi connectivity index (χ0) is 20.1. The lowest BCUT2D eigenvalue weighted by Gasteiger charge is -2.14. The molecule has 0 saturated carbocycles. The van der Waals surface area contributed by atoms with E-state index in [1.165, 1.54) is 38.4 Å². The number of nitrogens with zero attached hydrogens (tertiary/aromatic N) is 3. The number of rotatable bonds is 7. The summed E-state index contributed by atoms with van der Waals surface area (Å²) in [5.41, 5.74) is 2.13. The minimum atomic E-state index is -3.75. The maximum absolute atomic E-state index is 12.4. The molecule has 0 aliphatic carbocycles. The number of aromatic nitrogens is 2. The predicted octanol–water partition coefficient (Wildman–Crippen LogP) is 1.98. The fourth-order valence-electron chi connectivity index (χ4n) is 2.60. The molecule has 0 spiro atoms. The number of sulfonamides is 1. The molecule has 0 atom stereocenters. The van der Waals surface area contributed by atoms with Crippen molar-refractivity contribution in [2.45, 2.75) is 11.4 Å². The molecule has 2 aromatic carbocycles. The summed E-state index contributed by atoms with van der Waals surface area (Å²) < 4.78 is 26.9. The van der Waals surface area contributed by atoms with Crippen LogP contribution in [0.2, 0.25) is 0 Å². The molecule has 0 aliphatic rings. The van der Waals surface area contributed by atoms with E-state index in [9.17, 15) is 13.2 Å². The Balaban J connectivity index is 1.72. The zero-order valence-corrected chi connectivity index (χ0v) is 16.3.